The molecular formula is C12H17NO3. The summed E-state index contributed by atoms with van der Waals surface area (Å²) in [4.78, 5) is 10.6. The molecule has 1 rings (SSSR count). The average molecular weight is 223 g/mol. The van der Waals surface area contributed by atoms with Gasteiger partial charge in [-0.05, 0) is 18.6 Å². The number of nitrogens with two attached hydrogens (primary N) is 1. The number of para-hydroxylation sites is 2. The van der Waals surface area contributed by atoms with E-state index in [2.05, 4.69) is 6.92 Å². The van der Waals surface area contributed by atoms with Crippen LogP contribution in [0.2, 0.25) is 0 Å². The Hall–Kier alpha value is -1.71. The number of rotatable bonds is 7. The first kappa shape index (κ1) is 12.4. The van der Waals surface area contributed by atoms with Gasteiger partial charge in [0, 0.05) is 0 Å². The third-order valence-electron chi connectivity index (χ3n) is 1.97. The van der Waals surface area contributed by atoms with E-state index in [9.17, 15) is 4.79 Å². The first-order valence-corrected chi connectivity index (χ1v) is 5.37. The monoisotopic (exact) mass is 223 g/mol. The van der Waals surface area contributed by atoms with Crippen molar-refractivity contribution in [2.24, 2.45) is 5.73 Å². The number of hydrogen-bond donors (Lipinski definition) is 1. The van der Waals surface area contributed by atoms with Crippen molar-refractivity contribution >= 4 is 5.91 Å². The van der Waals surface area contributed by atoms with Gasteiger partial charge in [0.05, 0.1) is 6.61 Å². The lowest BCUT2D eigenvalue weighted by atomic mass is 10.3. The molecule has 0 fully saturated rings. The molecule has 0 saturated carbocycles. The molecule has 4 nitrogen and oxygen atoms in total. The summed E-state index contributed by atoms with van der Waals surface area (Å²) in [6.07, 6.45) is 2.06. The van der Waals surface area contributed by atoms with Crippen molar-refractivity contribution in [2.75, 3.05) is 13.2 Å². The quantitative estimate of drug-likeness (QED) is 0.716. The van der Waals surface area contributed by atoms with Gasteiger partial charge in [-0.1, -0.05) is 25.5 Å². The number of amides is 1. The normalized spacial score (nSPS) is 9.81. The van der Waals surface area contributed by atoms with Crippen LogP contribution in [-0.2, 0) is 4.79 Å². The first-order valence-electron chi connectivity index (χ1n) is 5.37. The van der Waals surface area contributed by atoms with Crippen molar-refractivity contribution in [1.82, 2.24) is 0 Å². The minimum Gasteiger partial charge on any atom is -0.490 e. The molecule has 1 aromatic carbocycles. The summed E-state index contributed by atoms with van der Waals surface area (Å²) < 4.78 is 10.8. The van der Waals surface area contributed by atoms with Crippen molar-refractivity contribution in [2.45, 2.75) is 19.8 Å². The molecule has 0 aliphatic heterocycles. The predicted molar refractivity (Wildman–Crippen MR) is 61.5 cm³/mol. The molecule has 0 spiro atoms. The summed E-state index contributed by atoms with van der Waals surface area (Å²) >= 11 is 0. The van der Waals surface area contributed by atoms with Gasteiger partial charge >= 0.3 is 0 Å². The van der Waals surface area contributed by atoms with Crippen LogP contribution < -0.4 is 15.2 Å². The van der Waals surface area contributed by atoms with Crippen LogP contribution >= 0.6 is 0 Å². The molecule has 0 aliphatic carbocycles. The van der Waals surface area contributed by atoms with Crippen molar-refractivity contribution in [3.63, 3.8) is 0 Å². The van der Waals surface area contributed by atoms with Crippen molar-refractivity contribution < 1.29 is 14.3 Å². The molecule has 0 unspecified atom stereocenters. The topological polar surface area (TPSA) is 61.6 Å². The van der Waals surface area contributed by atoms with Gasteiger partial charge in [-0.15, -0.1) is 0 Å². The second kappa shape index (κ2) is 6.71. The van der Waals surface area contributed by atoms with Crippen LogP contribution in [-0.4, -0.2) is 19.1 Å². The number of carbonyl (C=O) groups is 1. The molecule has 0 saturated heterocycles. The van der Waals surface area contributed by atoms with Crippen molar-refractivity contribution in [3.8, 4) is 11.5 Å². The van der Waals surface area contributed by atoms with Gasteiger partial charge in [0.1, 0.15) is 0 Å². The third-order valence-corrected chi connectivity index (χ3v) is 1.97. The molecule has 0 aromatic heterocycles. The van der Waals surface area contributed by atoms with Crippen LogP contribution in [0.3, 0.4) is 0 Å². The van der Waals surface area contributed by atoms with E-state index < -0.39 is 5.91 Å². The highest BCUT2D eigenvalue weighted by molar-refractivity contribution is 5.75. The van der Waals surface area contributed by atoms with Gasteiger partial charge in [0.2, 0.25) is 0 Å². The van der Waals surface area contributed by atoms with E-state index in [0.29, 0.717) is 18.1 Å². The van der Waals surface area contributed by atoms with E-state index in [1.54, 1.807) is 6.07 Å². The number of benzene rings is 1. The predicted octanol–water partition coefficient (Wildman–Crippen LogP) is 1.73. The Morgan fingerprint density at radius 3 is 2.44 bits per heavy atom. The van der Waals surface area contributed by atoms with Gasteiger partial charge in [-0.25, -0.2) is 0 Å². The average Bonchev–Trinajstić information content (AvgIpc) is 2.28. The molecule has 1 amide bonds. The zero-order chi connectivity index (χ0) is 11.8. The fourth-order valence-electron chi connectivity index (χ4n) is 1.16. The Morgan fingerprint density at radius 1 is 1.25 bits per heavy atom. The zero-order valence-electron chi connectivity index (χ0n) is 9.44. The van der Waals surface area contributed by atoms with Gasteiger partial charge in [0.25, 0.3) is 5.91 Å². The molecular weight excluding hydrogens is 206 g/mol. The Balaban J connectivity index is 2.56. The van der Waals surface area contributed by atoms with E-state index >= 15 is 0 Å². The van der Waals surface area contributed by atoms with Gasteiger partial charge in [-0.2, -0.15) is 0 Å². The van der Waals surface area contributed by atoms with Crippen molar-refractivity contribution in [3.05, 3.63) is 24.3 Å². The summed E-state index contributed by atoms with van der Waals surface area (Å²) in [6.45, 7) is 2.61. The maximum atomic E-state index is 10.6. The van der Waals surface area contributed by atoms with E-state index in [1.165, 1.54) is 0 Å². The standard InChI is InChI=1S/C12H17NO3/c1-2-3-8-15-10-6-4-5-7-11(10)16-9-12(13)14/h4-7H,2-3,8-9H2,1H3,(H2,13,14). The maximum absolute atomic E-state index is 10.6. The number of unbranched alkanes of at least 4 members (excludes halogenated alkanes) is 1. The molecule has 0 bridgehead atoms. The van der Waals surface area contributed by atoms with E-state index in [-0.39, 0.29) is 6.61 Å². The van der Waals surface area contributed by atoms with Crippen LogP contribution in [0.1, 0.15) is 19.8 Å². The van der Waals surface area contributed by atoms with Crippen molar-refractivity contribution in [1.29, 1.82) is 0 Å². The smallest absolute Gasteiger partial charge is 0.255 e. The molecule has 88 valence electrons. The number of carbonyl (C=O) groups excluding carboxylic acids is 1. The number of hydrogen-bond acceptors (Lipinski definition) is 3. The molecule has 1 aromatic rings. The largest absolute Gasteiger partial charge is 0.490 e. The highest BCUT2D eigenvalue weighted by atomic mass is 16.5. The molecule has 0 atom stereocenters. The lowest BCUT2D eigenvalue weighted by molar-refractivity contribution is -0.119. The fourth-order valence-corrected chi connectivity index (χ4v) is 1.16. The van der Waals surface area contributed by atoms with E-state index in [4.69, 9.17) is 15.2 Å². The lowest BCUT2D eigenvalue weighted by Gasteiger charge is -2.11. The number of ether oxygens (including phenoxy) is 2. The molecule has 2 N–H and O–H groups in total. The Kier molecular flexibility index (Phi) is 5.19. The molecule has 16 heavy (non-hydrogen) atoms. The zero-order valence-corrected chi connectivity index (χ0v) is 9.44. The molecule has 0 heterocycles. The van der Waals surface area contributed by atoms with Gasteiger partial charge in [0.15, 0.2) is 18.1 Å². The molecule has 4 heteroatoms. The van der Waals surface area contributed by atoms with Crippen LogP contribution in [0.25, 0.3) is 0 Å². The minimum atomic E-state index is -0.497. The maximum Gasteiger partial charge on any atom is 0.255 e. The third kappa shape index (κ3) is 4.21. The second-order valence-electron chi connectivity index (χ2n) is 3.40. The minimum absolute atomic E-state index is 0.131. The highest BCUT2D eigenvalue weighted by Crippen LogP contribution is 2.26. The first-order chi connectivity index (χ1) is 7.74. The van der Waals surface area contributed by atoms with Crippen LogP contribution in [0.5, 0.6) is 11.5 Å². The van der Waals surface area contributed by atoms with E-state index in [1.807, 2.05) is 18.2 Å². The Bertz CT molecular complexity index is 339. The van der Waals surface area contributed by atoms with Gasteiger partial charge < -0.3 is 15.2 Å². The van der Waals surface area contributed by atoms with Crippen LogP contribution in [0.15, 0.2) is 24.3 Å². The highest BCUT2D eigenvalue weighted by Gasteiger charge is 2.04. The fraction of sp³-hybridized carbons (Fsp3) is 0.417. The Morgan fingerprint density at radius 2 is 1.88 bits per heavy atom. The molecule has 0 radical (unpaired) electrons. The van der Waals surface area contributed by atoms with Crippen LogP contribution in [0.4, 0.5) is 0 Å². The summed E-state index contributed by atoms with van der Waals surface area (Å²) in [5.41, 5.74) is 5.01. The summed E-state index contributed by atoms with van der Waals surface area (Å²) in [5.74, 6) is 0.706. The summed E-state index contributed by atoms with van der Waals surface area (Å²) in [7, 11) is 0. The number of primary amides is 1. The van der Waals surface area contributed by atoms with E-state index in [0.717, 1.165) is 12.8 Å². The van der Waals surface area contributed by atoms with Crippen LogP contribution in [0, 0.1) is 0 Å². The SMILES string of the molecule is CCCCOc1ccccc1OCC(N)=O. The summed E-state index contributed by atoms with van der Waals surface area (Å²) in [5, 5.41) is 0. The van der Waals surface area contributed by atoms with Gasteiger partial charge in [-0.3, -0.25) is 4.79 Å². The summed E-state index contributed by atoms with van der Waals surface area (Å²) in [6, 6.07) is 7.25. The Labute approximate surface area is 95.3 Å². The molecule has 0 aliphatic rings. The lowest BCUT2D eigenvalue weighted by Crippen LogP contribution is -2.20. The second-order valence-corrected chi connectivity index (χ2v) is 3.40.